The maximum absolute atomic E-state index is 4.63. The Kier molecular flexibility index (Phi) is 5.51. The van der Waals surface area contributed by atoms with Crippen LogP contribution in [-0.4, -0.2) is 9.78 Å². The van der Waals surface area contributed by atoms with Gasteiger partial charge in [0.25, 0.3) is 0 Å². The molecule has 0 bridgehead atoms. The van der Waals surface area contributed by atoms with E-state index in [9.17, 15) is 0 Å². The maximum Gasteiger partial charge on any atom is 0.0849 e. The van der Waals surface area contributed by atoms with Gasteiger partial charge in [0.15, 0.2) is 0 Å². The first-order valence-electron chi connectivity index (χ1n) is 8.70. The standard InChI is InChI=1S/C20H31N3/c1-13(2)16-9-8-10-17(14(3)4)20(16)21-19(15(5)6)18-11-12-23(7)22-18/h8-15,19,21H,1-7H3. The number of anilines is 1. The first-order chi connectivity index (χ1) is 10.8. The van der Waals surface area contributed by atoms with Crippen molar-refractivity contribution in [3.05, 3.63) is 47.3 Å². The molecule has 1 aromatic heterocycles. The Hall–Kier alpha value is -1.77. The van der Waals surface area contributed by atoms with Gasteiger partial charge in [-0.3, -0.25) is 4.68 Å². The van der Waals surface area contributed by atoms with Crippen molar-refractivity contribution >= 4 is 5.69 Å². The van der Waals surface area contributed by atoms with E-state index < -0.39 is 0 Å². The van der Waals surface area contributed by atoms with Crippen molar-refractivity contribution in [2.24, 2.45) is 13.0 Å². The normalized spacial score (nSPS) is 13.1. The van der Waals surface area contributed by atoms with E-state index in [2.05, 4.69) is 76.2 Å². The molecule has 0 aliphatic rings. The van der Waals surface area contributed by atoms with Gasteiger partial charge in [-0.2, -0.15) is 5.10 Å². The van der Waals surface area contributed by atoms with Crippen molar-refractivity contribution in [2.75, 3.05) is 5.32 Å². The van der Waals surface area contributed by atoms with E-state index in [0.717, 1.165) is 5.69 Å². The van der Waals surface area contributed by atoms with Gasteiger partial charge in [-0.1, -0.05) is 59.7 Å². The van der Waals surface area contributed by atoms with Gasteiger partial charge in [0.2, 0.25) is 0 Å². The second kappa shape index (κ2) is 7.20. The molecular weight excluding hydrogens is 282 g/mol. The number of hydrogen-bond acceptors (Lipinski definition) is 2. The molecule has 1 N–H and O–H groups in total. The minimum Gasteiger partial charge on any atom is -0.376 e. The summed E-state index contributed by atoms with van der Waals surface area (Å²) >= 11 is 0. The molecule has 0 fully saturated rings. The van der Waals surface area contributed by atoms with Crippen LogP contribution in [0.4, 0.5) is 5.69 Å². The van der Waals surface area contributed by atoms with Crippen molar-refractivity contribution in [2.45, 2.75) is 59.4 Å². The van der Waals surface area contributed by atoms with E-state index in [1.807, 2.05) is 17.9 Å². The van der Waals surface area contributed by atoms with Crippen molar-refractivity contribution in [3.8, 4) is 0 Å². The smallest absolute Gasteiger partial charge is 0.0849 e. The van der Waals surface area contributed by atoms with Gasteiger partial charge in [-0.15, -0.1) is 0 Å². The zero-order valence-electron chi connectivity index (χ0n) is 15.6. The average molecular weight is 313 g/mol. The second-order valence-corrected chi connectivity index (χ2v) is 7.40. The minimum absolute atomic E-state index is 0.216. The van der Waals surface area contributed by atoms with Crippen LogP contribution in [0.25, 0.3) is 0 Å². The molecule has 0 saturated heterocycles. The summed E-state index contributed by atoms with van der Waals surface area (Å²) in [5.74, 6) is 1.45. The summed E-state index contributed by atoms with van der Waals surface area (Å²) in [5, 5.41) is 8.46. The fourth-order valence-corrected chi connectivity index (χ4v) is 3.05. The Bertz CT molecular complexity index is 612. The highest BCUT2D eigenvalue weighted by Crippen LogP contribution is 2.36. The van der Waals surface area contributed by atoms with Gasteiger partial charge in [-0.05, 0) is 34.9 Å². The topological polar surface area (TPSA) is 29.9 Å². The van der Waals surface area contributed by atoms with E-state index in [0.29, 0.717) is 17.8 Å². The highest BCUT2D eigenvalue weighted by atomic mass is 15.3. The lowest BCUT2D eigenvalue weighted by Gasteiger charge is -2.27. The second-order valence-electron chi connectivity index (χ2n) is 7.40. The molecule has 3 nitrogen and oxygen atoms in total. The first-order valence-corrected chi connectivity index (χ1v) is 8.70. The van der Waals surface area contributed by atoms with Crippen LogP contribution in [0.2, 0.25) is 0 Å². The molecule has 0 aliphatic heterocycles. The molecule has 23 heavy (non-hydrogen) atoms. The van der Waals surface area contributed by atoms with Crippen molar-refractivity contribution in [3.63, 3.8) is 0 Å². The largest absolute Gasteiger partial charge is 0.376 e. The van der Waals surface area contributed by atoms with Gasteiger partial charge in [0.05, 0.1) is 11.7 Å². The van der Waals surface area contributed by atoms with E-state index >= 15 is 0 Å². The third kappa shape index (κ3) is 3.95. The van der Waals surface area contributed by atoms with Crippen LogP contribution in [-0.2, 0) is 7.05 Å². The molecule has 2 rings (SSSR count). The van der Waals surface area contributed by atoms with Crippen molar-refractivity contribution in [1.82, 2.24) is 9.78 Å². The molecule has 2 aromatic rings. The molecule has 3 heteroatoms. The highest BCUT2D eigenvalue weighted by Gasteiger charge is 2.22. The highest BCUT2D eigenvalue weighted by molar-refractivity contribution is 5.61. The van der Waals surface area contributed by atoms with Gasteiger partial charge in [0, 0.05) is 18.9 Å². The molecule has 0 spiro atoms. The quantitative estimate of drug-likeness (QED) is 0.765. The molecule has 1 unspecified atom stereocenters. The summed E-state index contributed by atoms with van der Waals surface area (Å²) in [5.41, 5.74) is 5.17. The van der Waals surface area contributed by atoms with Crippen LogP contribution >= 0.6 is 0 Å². The van der Waals surface area contributed by atoms with Crippen LogP contribution in [0.5, 0.6) is 0 Å². The Labute approximate surface area is 141 Å². The predicted octanol–water partition coefficient (Wildman–Crippen LogP) is 5.48. The van der Waals surface area contributed by atoms with Crippen LogP contribution in [0, 0.1) is 5.92 Å². The molecule has 1 atom stereocenters. The molecule has 0 aliphatic carbocycles. The van der Waals surface area contributed by atoms with E-state index in [-0.39, 0.29) is 6.04 Å². The third-order valence-electron chi connectivity index (χ3n) is 4.39. The number of aromatic nitrogens is 2. The maximum atomic E-state index is 4.63. The zero-order chi connectivity index (χ0) is 17.1. The van der Waals surface area contributed by atoms with Crippen molar-refractivity contribution < 1.29 is 0 Å². The summed E-state index contributed by atoms with van der Waals surface area (Å²) in [6, 6.07) is 9.00. The van der Waals surface area contributed by atoms with Crippen molar-refractivity contribution in [1.29, 1.82) is 0 Å². The van der Waals surface area contributed by atoms with Gasteiger partial charge in [-0.25, -0.2) is 0 Å². The number of rotatable bonds is 6. The summed E-state index contributed by atoms with van der Waals surface area (Å²) in [7, 11) is 1.97. The van der Waals surface area contributed by atoms with Crippen LogP contribution < -0.4 is 5.32 Å². The molecular formula is C20H31N3. The lowest BCUT2D eigenvalue weighted by Crippen LogP contribution is -2.20. The van der Waals surface area contributed by atoms with Gasteiger partial charge in [0.1, 0.15) is 0 Å². The number of nitrogens with zero attached hydrogens (tertiary/aromatic N) is 2. The summed E-state index contributed by atoms with van der Waals surface area (Å²) < 4.78 is 1.88. The molecule has 1 heterocycles. The average Bonchev–Trinajstić information content (AvgIpc) is 2.89. The minimum atomic E-state index is 0.216. The summed E-state index contributed by atoms with van der Waals surface area (Å²) in [6.45, 7) is 13.5. The van der Waals surface area contributed by atoms with Gasteiger partial charge >= 0.3 is 0 Å². The van der Waals surface area contributed by atoms with Crippen LogP contribution in [0.1, 0.15) is 76.2 Å². The van der Waals surface area contributed by atoms with E-state index in [4.69, 9.17) is 0 Å². The molecule has 0 radical (unpaired) electrons. The van der Waals surface area contributed by atoms with Crippen LogP contribution in [0.3, 0.4) is 0 Å². The fraction of sp³-hybridized carbons (Fsp3) is 0.550. The number of aryl methyl sites for hydroxylation is 1. The number of nitrogens with one attached hydrogen (secondary N) is 1. The Morgan fingerprint density at radius 1 is 0.913 bits per heavy atom. The predicted molar refractivity (Wildman–Crippen MR) is 99.0 cm³/mol. The third-order valence-corrected chi connectivity index (χ3v) is 4.39. The Balaban J connectivity index is 2.47. The molecule has 1 aromatic carbocycles. The van der Waals surface area contributed by atoms with Crippen LogP contribution in [0.15, 0.2) is 30.5 Å². The first kappa shape index (κ1) is 17.6. The molecule has 0 saturated carbocycles. The fourth-order valence-electron chi connectivity index (χ4n) is 3.05. The lowest BCUT2D eigenvalue weighted by molar-refractivity contribution is 0.525. The summed E-state index contributed by atoms with van der Waals surface area (Å²) in [4.78, 5) is 0. The number of benzene rings is 1. The van der Waals surface area contributed by atoms with E-state index in [1.165, 1.54) is 16.8 Å². The summed E-state index contributed by atoms with van der Waals surface area (Å²) in [6.07, 6.45) is 2.02. The SMILES string of the molecule is CC(C)c1cccc(C(C)C)c1NC(c1ccn(C)n1)C(C)C. The zero-order valence-corrected chi connectivity index (χ0v) is 15.6. The van der Waals surface area contributed by atoms with E-state index in [1.54, 1.807) is 0 Å². The molecule has 126 valence electrons. The number of para-hydroxylation sites is 1. The molecule has 0 amide bonds. The monoisotopic (exact) mass is 313 g/mol. The van der Waals surface area contributed by atoms with Gasteiger partial charge < -0.3 is 5.32 Å². The Morgan fingerprint density at radius 3 is 1.87 bits per heavy atom. The Morgan fingerprint density at radius 2 is 1.48 bits per heavy atom. The lowest BCUT2D eigenvalue weighted by atomic mass is 9.91. The number of hydrogen-bond donors (Lipinski definition) is 1.